The topological polar surface area (TPSA) is 3.24 Å². The molecular weight excluding hydrogens is 262 g/mol. The fourth-order valence-corrected chi connectivity index (χ4v) is 3.21. The van der Waals surface area contributed by atoms with Crippen LogP contribution in [0.1, 0.15) is 35.4 Å². The molecule has 20 heavy (non-hydrogen) atoms. The monoisotopic (exact) mass is 285 g/mol. The van der Waals surface area contributed by atoms with E-state index >= 15 is 0 Å². The van der Waals surface area contributed by atoms with Crippen molar-refractivity contribution in [3.8, 4) is 0 Å². The molecule has 0 aliphatic heterocycles. The molecular formula is C18H23NS. The molecule has 0 aliphatic rings. The Balaban J connectivity index is 2.13. The quantitative estimate of drug-likeness (QED) is 0.712. The van der Waals surface area contributed by atoms with Gasteiger partial charge in [-0.25, -0.2) is 0 Å². The Bertz CT molecular complexity index is 574. The summed E-state index contributed by atoms with van der Waals surface area (Å²) in [7, 11) is 0. The lowest BCUT2D eigenvalue weighted by atomic mass is 10.1. The van der Waals surface area contributed by atoms with Crippen molar-refractivity contribution < 1.29 is 0 Å². The number of hydrogen-bond donors (Lipinski definition) is 0. The maximum Gasteiger partial charge on any atom is 0.0366 e. The summed E-state index contributed by atoms with van der Waals surface area (Å²) in [5.41, 5.74) is 5.33. The van der Waals surface area contributed by atoms with E-state index in [2.05, 4.69) is 74.4 Å². The Labute approximate surface area is 126 Å². The second-order valence-corrected chi connectivity index (χ2v) is 5.92. The van der Waals surface area contributed by atoms with Crippen molar-refractivity contribution in [3.05, 3.63) is 51.2 Å². The number of anilines is 1. The van der Waals surface area contributed by atoms with Crippen LogP contribution in [0.25, 0.3) is 12.2 Å². The maximum absolute atomic E-state index is 2.36. The largest absolute Gasteiger partial charge is 0.372 e. The number of thiophene rings is 1. The number of nitrogens with zero attached hydrogens (tertiary/aromatic N) is 1. The second kappa shape index (κ2) is 6.76. The molecule has 2 rings (SSSR count). The van der Waals surface area contributed by atoms with E-state index in [1.165, 1.54) is 27.3 Å². The molecule has 1 aromatic heterocycles. The van der Waals surface area contributed by atoms with Crippen LogP contribution in [-0.4, -0.2) is 13.1 Å². The molecule has 0 amide bonds. The van der Waals surface area contributed by atoms with Crippen LogP contribution in [0.15, 0.2) is 29.6 Å². The highest BCUT2D eigenvalue weighted by atomic mass is 32.1. The van der Waals surface area contributed by atoms with Crippen molar-refractivity contribution in [3.63, 3.8) is 0 Å². The van der Waals surface area contributed by atoms with Gasteiger partial charge in [-0.1, -0.05) is 18.2 Å². The zero-order valence-electron chi connectivity index (χ0n) is 12.8. The Kier molecular flexibility index (Phi) is 5.02. The van der Waals surface area contributed by atoms with E-state index in [1.807, 2.05) is 11.3 Å². The Hall–Kier alpha value is -1.54. The molecule has 2 aromatic rings. The maximum atomic E-state index is 2.36. The van der Waals surface area contributed by atoms with Crippen molar-refractivity contribution >= 4 is 29.2 Å². The highest BCUT2D eigenvalue weighted by Crippen LogP contribution is 2.23. The van der Waals surface area contributed by atoms with Crippen LogP contribution >= 0.6 is 11.3 Å². The number of hydrogen-bond acceptors (Lipinski definition) is 2. The zero-order chi connectivity index (χ0) is 14.5. The van der Waals surface area contributed by atoms with Gasteiger partial charge in [0.1, 0.15) is 0 Å². The van der Waals surface area contributed by atoms with Gasteiger partial charge in [-0.2, -0.15) is 0 Å². The third-order valence-corrected chi connectivity index (χ3v) is 4.94. The third-order valence-electron chi connectivity index (χ3n) is 3.77. The summed E-state index contributed by atoms with van der Waals surface area (Å²) >= 11 is 1.82. The first kappa shape index (κ1) is 14.9. The van der Waals surface area contributed by atoms with Crippen LogP contribution in [0.4, 0.5) is 5.69 Å². The van der Waals surface area contributed by atoms with Gasteiger partial charge < -0.3 is 4.90 Å². The van der Waals surface area contributed by atoms with Crippen LogP contribution < -0.4 is 4.90 Å². The van der Waals surface area contributed by atoms with Crippen LogP contribution in [0, 0.1) is 13.8 Å². The molecule has 1 aromatic carbocycles. The summed E-state index contributed by atoms with van der Waals surface area (Å²) < 4.78 is 0. The van der Waals surface area contributed by atoms with E-state index in [4.69, 9.17) is 0 Å². The van der Waals surface area contributed by atoms with Gasteiger partial charge in [-0.05, 0) is 68.0 Å². The van der Waals surface area contributed by atoms with Gasteiger partial charge in [0.05, 0.1) is 0 Å². The molecule has 0 spiro atoms. The normalized spacial score (nSPS) is 11.2. The SMILES string of the molecule is CCN(CC)c1ccc(/C=C/c2scc(C)c2C)cc1. The molecule has 0 saturated carbocycles. The van der Waals surface area contributed by atoms with E-state index in [9.17, 15) is 0 Å². The number of aryl methyl sites for hydroxylation is 1. The van der Waals surface area contributed by atoms with Gasteiger partial charge >= 0.3 is 0 Å². The Morgan fingerprint density at radius 2 is 1.65 bits per heavy atom. The fraction of sp³-hybridized carbons (Fsp3) is 0.333. The minimum Gasteiger partial charge on any atom is -0.372 e. The predicted molar refractivity (Wildman–Crippen MR) is 92.7 cm³/mol. The van der Waals surface area contributed by atoms with E-state index in [-0.39, 0.29) is 0 Å². The van der Waals surface area contributed by atoms with Crippen LogP contribution in [0.2, 0.25) is 0 Å². The predicted octanol–water partition coefficient (Wildman–Crippen LogP) is 5.38. The molecule has 0 unspecified atom stereocenters. The minimum atomic E-state index is 1.05. The lowest BCUT2D eigenvalue weighted by Gasteiger charge is -2.20. The molecule has 2 heteroatoms. The molecule has 0 radical (unpaired) electrons. The van der Waals surface area contributed by atoms with E-state index in [1.54, 1.807) is 0 Å². The molecule has 0 atom stereocenters. The van der Waals surface area contributed by atoms with Crippen molar-refractivity contribution in [2.24, 2.45) is 0 Å². The summed E-state index contributed by atoms with van der Waals surface area (Å²) in [5, 5.41) is 2.22. The lowest BCUT2D eigenvalue weighted by Crippen LogP contribution is -2.21. The lowest BCUT2D eigenvalue weighted by molar-refractivity contribution is 0.866. The smallest absolute Gasteiger partial charge is 0.0366 e. The van der Waals surface area contributed by atoms with Gasteiger partial charge in [0.25, 0.3) is 0 Å². The standard InChI is InChI=1S/C18H23NS/c1-5-19(6-2)17-10-7-16(8-11-17)9-12-18-15(4)14(3)13-20-18/h7-13H,5-6H2,1-4H3/b12-9+. The van der Waals surface area contributed by atoms with Crippen molar-refractivity contribution in [2.75, 3.05) is 18.0 Å². The highest BCUT2D eigenvalue weighted by Gasteiger charge is 2.01. The molecule has 1 nitrogen and oxygen atoms in total. The molecule has 0 saturated heterocycles. The summed E-state index contributed by atoms with van der Waals surface area (Å²) in [6, 6.07) is 8.80. The molecule has 0 bridgehead atoms. The molecule has 0 N–H and O–H groups in total. The van der Waals surface area contributed by atoms with E-state index in [0.717, 1.165) is 13.1 Å². The molecule has 106 valence electrons. The van der Waals surface area contributed by atoms with Crippen molar-refractivity contribution in [1.29, 1.82) is 0 Å². The van der Waals surface area contributed by atoms with Gasteiger partial charge in [-0.3, -0.25) is 0 Å². The Morgan fingerprint density at radius 3 is 2.15 bits per heavy atom. The zero-order valence-corrected chi connectivity index (χ0v) is 13.6. The average molecular weight is 285 g/mol. The number of benzene rings is 1. The van der Waals surface area contributed by atoms with E-state index in [0.29, 0.717) is 0 Å². The first-order valence-corrected chi connectivity index (χ1v) is 8.11. The molecule has 0 aliphatic carbocycles. The molecule has 0 fully saturated rings. The summed E-state index contributed by atoms with van der Waals surface area (Å²) in [6.07, 6.45) is 4.42. The van der Waals surface area contributed by atoms with E-state index < -0.39 is 0 Å². The van der Waals surface area contributed by atoms with Crippen LogP contribution in [-0.2, 0) is 0 Å². The van der Waals surface area contributed by atoms with Gasteiger partial charge in [0.2, 0.25) is 0 Å². The first-order valence-electron chi connectivity index (χ1n) is 7.23. The first-order chi connectivity index (χ1) is 9.65. The van der Waals surface area contributed by atoms with Crippen molar-refractivity contribution in [2.45, 2.75) is 27.7 Å². The van der Waals surface area contributed by atoms with Gasteiger partial charge in [0.15, 0.2) is 0 Å². The highest BCUT2D eigenvalue weighted by molar-refractivity contribution is 7.11. The third kappa shape index (κ3) is 3.31. The second-order valence-electron chi connectivity index (χ2n) is 5.01. The Morgan fingerprint density at radius 1 is 1.00 bits per heavy atom. The van der Waals surface area contributed by atoms with Crippen LogP contribution in [0.3, 0.4) is 0 Å². The summed E-state index contributed by atoms with van der Waals surface area (Å²) in [6.45, 7) is 10.9. The average Bonchev–Trinajstić information content (AvgIpc) is 2.79. The summed E-state index contributed by atoms with van der Waals surface area (Å²) in [4.78, 5) is 3.72. The van der Waals surface area contributed by atoms with Gasteiger partial charge in [0, 0.05) is 23.7 Å². The fourth-order valence-electron chi connectivity index (χ4n) is 2.24. The minimum absolute atomic E-state index is 1.05. The van der Waals surface area contributed by atoms with Gasteiger partial charge in [-0.15, -0.1) is 11.3 Å². The van der Waals surface area contributed by atoms with Crippen LogP contribution in [0.5, 0.6) is 0 Å². The summed E-state index contributed by atoms with van der Waals surface area (Å²) in [5.74, 6) is 0. The number of rotatable bonds is 5. The molecule has 1 heterocycles. The van der Waals surface area contributed by atoms with Crippen molar-refractivity contribution in [1.82, 2.24) is 0 Å².